The Hall–Kier alpha value is -2.50. The Morgan fingerprint density at radius 3 is 2.83 bits per heavy atom. The molecule has 0 spiro atoms. The summed E-state index contributed by atoms with van der Waals surface area (Å²) < 4.78 is 5.18. The van der Waals surface area contributed by atoms with Crippen molar-refractivity contribution in [1.82, 2.24) is 15.2 Å². The molecule has 24 heavy (non-hydrogen) atoms. The number of aromatic nitrogens is 3. The molecular weight excluding hydrogens is 304 g/mol. The zero-order valence-corrected chi connectivity index (χ0v) is 14.1. The van der Waals surface area contributed by atoms with E-state index in [4.69, 9.17) is 4.74 Å². The van der Waals surface area contributed by atoms with Gasteiger partial charge >= 0.3 is 0 Å². The maximum atomic E-state index is 12.0. The highest BCUT2D eigenvalue weighted by Gasteiger charge is 2.26. The van der Waals surface area contributed by atoms with E-state index in [9.17, 15) is 4.79 Å². The fraction of sp³-hybridized carbons (Fsp3) is 0.444. The quantitative estimate of drug-likeness (QED) is 0.841. The lowest BCUT2D eigenvalue weighted by Gasteiger charge is -2.31. The zero-order valence-electron chi connectivity index (χ0n) is 14.1. The van der Waals surface area contributed by atoms with Gasteiger partial charge in [0.2, 0.25) is 5.95 Å². The Bertz CT molecular complexity index is 702. The van der Waals surface area contributed by atoms with Gasteiger partial charge in [-0.1, -0.05) is 6.92 Å². The molecule has 1 aliphatic rings. The van der Waals surface area contributed by atoms with Crippen molar-refractivity contribution in [3.05, 3.63) is 30.5 Å². The molecule has 0 unspecified atom stereocenters. The number of ketones is 1. The van der Waals surface area contributed by atoms with E-state index in [-0.39, 0.29) is 5.92 Å². The molecule has 2 aromatic rings. The van der Waals surface area contributed by atoms with Crippen LogP contribution in [0.15, 0.2) is 30.5 Å². The van der Waals surface area contributed by atoms with Gasteiger partial charge in [0.05, 0.1) is 19.0 Å². The lowest BCUT2D eigenvalue weighted by molar-refractivity contribution is -0.122. The summed E-state index contributed by atoms with van der Waals surface area (Å²) in [7, 11) is 1.64. The second kappa shape index (κ2) is 7.38. The minimum atomic E-state index is 0.0805. The molecule has 6 heteroatoms. The first-order chi connectivity index (χ1) is 11.7. The Labute approximate surface area is 141 Å². The standard InChI is InChI=1S/C18H22N4O2/c1-3-17(23)14-5-4-10-22(12-14)18-20-16(11-19-21-18)13-6-8-15(24-2)9-7-13/h6-9,11,14H,3-5,10,12H2,1-2H3/t14-/m1/s1. The lowest BCUT2D eigenvalue weighted by atomic mass is 9.93. The maximum Gasteiger partial charge on any atom is 0.245 e. The number of methoxy groups -OCH3 is 1. The second-order valence-corrected chi connectivity index (χ2v) is 5.98. The molecule has 0 bridgehead atoms. The van der Waals surface area contributed by atoms with Crippen LogP contribution in [0.25, 0.3) is 11.3 Å². The van der Waals surface area contributed by atoms with Crippen molar-refractivity contribution in [3.63, 3.8) is 0 Å². The molecule has 1 aromatic carbocycles. The monoisotopic (exact) mass is 326 g/mol. The molecule has 1 aromatic heterocycles. The van der Waals surface area contributed by atoms with Crippen LogP contribution in [0.5, 0.6) is 5.75 Å². The number of hydrogen-bond donors (Lipinski definition) is 0. The average Bonchev–Trinajstić information content (AvgIpc) is 2.67. The highest BCUT2D eigenvalue weighted by atomic mass is 16.5. The molecule has 3 rings (SSSR count). The van der Waals surface area contributed by atoms with Gasteiger partial charge < -0.3 is 9.64 Å². The van der Waals surface area contributed by atoms with Crippen LogP contribution >= 0.6 is 0 Å². The topological polar surface area (TPSA) is 68.2 Å². The molecule has 1 aliphatic heterocycles. The Morgan fingerprint density at radius 2 is 2.12 bits per heavy atom. The molecular formula is C18H22N4O2. The van der Waals surface area contributed by atoms with Gasteiger partial charge in [0.15, 0.2) is 0 Å². The summed E-state index contributed by atoms with van der Waals surface area (Å²) in [5, 5.41) is 8.27. The van der Waals surface area contributed by atoms with Crippen molar-refractivity contribution in [2.45, 2.75) is 26.2 Å². The number of rotatable bonds is 5. The fourth-order valence-electron chi connectivity index (χ4n) is 3.04. The SMILES string of the molecule is CCC(=O)[C@@H]1CCCN(c2nncc(-c3ccc(OC)cc3)n2)C1. The minimum absolute atomic E-state index is 0.0805. The largest absolute Gasteiger partial charge is 0.497 e. The Balaban J connectivity index is 1.80. The van der Waals surface area contributed by atoms with Gasteiger partial charge in [-0.25, -0.2) is 4.98 Å². The van der Waals surface area contributed by atoms with Crippen LogP contribution in [0.3, 0.4) is 0 Å². The molecule has 1 fully saturated rings. The number of hydrogen-bond acceptors (Lipinski definition) is 6. The van der Waals surface area contributed by atoms with E-state index in [0.717, 1.165) is 36.4 Å². The van der Waals surface area contributed by atoms with Gasteiger partial charge in [-0.3, -0.25) is 4.79 Å². The molecule has 126 valence electrons. The van der Waals surface area contributed by atoms with Crippen LogP contribution in [0.2, 0.25) is 0 Å². The van der Waals surface area contributed by atoms with Crippen molar-refractivity contribution < 1.29 is 9.53 Å². The first-order valence-electron chi connectivity index (χ1n) is 8.33. The highest BCUT2D eigenvalue weighted by Crippen LogP contribution is 2.24. The number of Topliss-reactive ketones (excluding diaryl/α,β-unsaturated/α-hetero) is 1. The van der Waals surface area contributed by atoms with Gasteiger partial charge in [-0.2, -0.15) is 5.10 Å². The number of piperidine rings is 1. The third-order valence-electron chi connectivity index (χ3n) is 4.44. The smallest absolute Gasteiger partial charge is 0.245 e. The predicted octanol–water partition coefficient (Wildman–Crippen LogP) is 2.74. The number of ether oxygens (including phenoxy) is 1. The molecule has 2 heterocycles. The average molecular weight is 326 g/mol. The molecule has 1 saturated heterocycles. The van der Waals surface area contributed by atoms with E-state index >= 15 is 0 Å². The molecule has 0 saturated carbocycles. The number of nitrogens with zero attached hydrogens (tertiary/aromatic N) is 4. The van der Waals surface area contributed by atoms with Crippen molar-refractivity contribution in [1.29, 1.82) is 0 Å². The first kappa shape index (κ1) is 16.4. The summed E-state index contributed by atoms with van der Waals surface area (Å²) in [6.45, 7) is 3.46. The van der Waals surface area contributed by atoms with Gasteiger partial charge in [0.25, 0.3) is 0 Å². The number of anilines is 1. The van der Waals surface area contributed by atoms with Gasteiger partial charge in [0, 0.05) is 31.0 Å². The van der Waals surface area contributed by atoms with E-state index < -0.39 is 0 Å². The summed E-state index contributed by atoms with van der Waals surface area (Å²) >= 11 is 0. The molecule has 0 aliphatic carbocycles. The summed E-state index contributed by atoms with van der Waals surface area (Å²) in [5.74, 6) is 1.80. The number of benzene rings is 1. The van der Waals surface area contributed by atoms with Crippen LogP contribution in [-0.4, -0.2) is 41.2 Å². The van der Waals surface area contributed by atoms with E-state index in [2.05, 4.69) is 20.1 Å². The summed E-state index contributed by atoms with van der Waals surface area (Å²) in [6, 6.07) is 7.69. The number of carbonyl (C=O) groups is 1. The molecule has 0 amide bonds. The van der Waals surface area contributed by atoms with E-state index in [1.54, 1.807) is 13.3 Å². The Kier molecular flexibility index (Phi) is 5.03. The van der Waals surface area contributed by atoms with Crippen LogP contribution in [0.1, 0.15) is 26.2 Å². The molecule has 0 N–H and O–H groups in total. The van der Waals surface area contributed by atoms with Crippen molar-refractivity contribution in [3.8, 4) is 17.0 Å². The van der Waals surface area contributed by atoms with Crippen LogP contribution in [0, 0.1) is 5.92 Å². The third kappa shape index (κ3) is 3.53. The third-order valence-corrected chi connectivity index (χ3v) is 4.44. The molecule has 0 radical (unpaired) electrons. The van der Waals surface area contributed by atoms with E-state index in [1.165, 1.54) is 0 Å². The summed E-state index contributed by atoms with van der Waals surface area (Å²) in [5.41, 5.74) is 1.73. The molecule has 1 atom stereocenters. The number of carbonyl (C=O) groups excluding carboxylic acids is 1. The first-order valence-corrected chi connectivity index (χ1v) is 8.33. The lowest BCUT2D eigenvalue weighted by Crippen LogP contribution is -2.39. The van der Waals surface area contributed by atoms with Gasteiger partial charge in [-0.15, -0.1) is 5.10 Å². The summed E-state index contributed by atoms with van der Waals surface area (Å²) in [4.78, 5) is 18.7. The highest BCUT2D eigenvalue weighted by molar-refractivity contribution is 5.81. The minimum Gasteiger partial charge on any atom is -0.497 e. The Morgan fingerprint density at radius 1 is 1.33 bits per heavy atom. The second-order valence-electron chi connectivity index (χ2n) is 5.98. The zero-order chi connectivity index (χ0) is 16.9. The van der Waals surface area contributed by atoms with Gasteiger partial charge in [0.1, 0.15) is 11.5 Å². The van der Waals surface area contributed by atoms with E-state index in [1.807, 2.05) is 31.2 Å². The van der Waals surface area contributed by atoms with Gasteiger partial charge in [-0.05, 0) is 37.1 Å². The van der Waals surface area contributed by atoms with Crippen molar-refractivity contribution >= 4 is 11.7 Å². The van der Waals surface area contributed by atoms with Crippen LogP contribution in [0.4, 0.5) is 5.95 Å². The van der Waals surface area contributed by atoms with Crippen molar-refractivity contribution in [2.24, 2.45) is 5.92 Å². The summed E-state index contributed by atoms with van der Waals surface area (Å²) in [6.07, 6.45) is 4.18. The maximum absolute atomic E-state index is 12.0. The fourth-order valence-corrected chi connectivity index (χ4v) is 3.04. The normalized spacial score (nSPS) is 17.6. The van der Waals surface area contributed by atoms with E-state index in [0.29, 0.717) is 24.7 Å². The van der Waals surface area contributed by atoms with Crippen LogP contribution < -0.4 is 9.64 Å². The van der Waals surface area contributed by atoms with Crippen molar-refractivity contribution in [2.75, 3.05) is 25.1 Å². The predicted molar refractivity (Wildman–Crippen MR) is 92.1 cm³/mol. The van der Waals surface area contributed by atoms with Crippen LogP contribution in [-0.2, 0) is 4.79 Å². The molecule has 6 nitrogen and oxygen atoms in total.